The molecule has 1 aliphatic rings. The summed E-state index contributed by atoms with van der Waals surface area (Å²) in [5.41, 5.74) is 2.39. The molecular formula is C19H31NO. The summed E-state index contributed by atoms with van der Waals surface area (Å²) in [4.78, 5) is 2.49. The Balaban J connectivity index is 1.93. The first-order valence-electron chi connectivity index (χ1n) is 8.49. The van der Waals surface area contributed by atoms with Crippen LogP contribution in [-0.4, -0.2) is 29.1 Å². The van der Waals surface area contributed by atoms with Crippen LogP contribution < -0.4 is 0 Å². The fourth-order valence-electron chi connectivity index (χ4n) is 2.72. The molecule has 21 heavy (non-hydrogen) atoms. The van der Waals surface area contributed by atoms with Crippen molar-refractivity contribution in [1.29, 1.82) is 0 Å². The van der Waals surface area contributed by atoms with Gasteiger partial charge in [0.1, 0.15) is 0 Å². The average Bonchev–Trinajstić information content (AvgIpc) is 3.27. The van der Waals surface area contributed by atoms with E-state index in [0.29, 0.717) is 12.0 Å². The molecule has 1 unspecified atom stereocenters. The Kier molecular flexibility index (Phi) is 5.83. The Bertz CT molecular complexity index is 420. The molecule has 0 bridgehead atoms. The van der Waals surface area contributed by atoms with Gasteiger partial charge in [-0.15, -0.1) is 0 Å². The van der Waals surface area contributed by atoms with E-state index >= 15 is 0 Å². The lowest BCUT2D eigenvalue weighted by Crippen LogP contribution is -2.32. The van der Waals surface area contributed by atoms with Gasteiger partial charge >= 0.3 is 0 Å². The molecule has 0 aromatic heterocycles. The van der Waals surface area contributed by atoms with Gasteiger partial charge in [-0.05, 0) is 48.8 Å². The molecule has 2 nitrogen and oxygen atoms in total. The molecule has 1 aromatic carbocycles. The van der Waals surface area contributed by atoms with Gasteiger partial charge in [0.15, 0.2) is 0 Å². The van der Waals surface area contributed by atoms with Crippen molar-refractivity contribution in [3.63, 3.8) is 0 Å². The van der Waals surface area contributed by atoms with E-state index in [1.54, 1.807) is 0 Å². The van der Waals surface area contributed by atoms with Crippen molar-refractivity contribution in [2.75, 3.05) is 13.1 Å². The predicted molar refractivity (Wildman–Crippen MR) is 89.5 cm³/mol. The maximum Gasteiger partial charge on any atom is 0.0917 e. The van der Waals surface area contributed by atoms with Crippen molar-refractivity contribution in [2.45, 2.75) is 65.0 Å². The van der Waals surface area contributed by atoms with Gasteiger partial charge in [-0.3, -0.25) is 4.90 Å². The summed E-state index contributed by atoms with van der Waals surface area (Å²) in [6, 6.07) is 9.20. The standard InChI is InChI=1S/C19H31NO/c1-14(2)11-12-20(18-9-10-18)13-19(21)17-7-5-16(6-8-17)15(3)4/h5-8,14-15,18-19,21H,9-13H2,1-4H3. The first kappa shape index (κ1) is 16.5. The summed E-state index contributed by atoms with van der Waals surface area (Å²) in [5.74, 6) is 1.28. The van der Waals surface area contributed by atoms with Crippen LogP contribution in [0.5, 0.6) is 0 Å². The maximum absolute atomic E-state index is 10.5. The lowest BCUT2D eigenvalue weighted by Gasteiger charge is -2.26. The molecule has 1 aromatic rings. The number of hydrogen-bond donors (Lipinski definition) is 1. The zero-order valence-electron chi connectivity index (χ0n) is 14.0. The van der Waals surface area contributed by atoms with Gasteiger partial charge in [-0.2, -0.15) is 0 Å². The highest BCUT2D eigenvalue weighted by atomic mass is 16.3. The quantitative estimate of drug-likeness (QED) is 0.769. The van der Waals surface area contributed by atoms with Crippen LogP contribution in [0.25, 0.3) is 0 Å². The van der Waals surface area contributed by atoms with Gasteiger partial charge < -0.3 is 5.11 Å². The zero-order valence-corrected chi connectivity index (χ0v) is 14.0. The van der Waals surface area contributed by atoms with E-state index in [1.165, 1.54) is 24.8 Å². The summed E-state index contributed by atoms with van der Waals surface area (Å²) in [6.45, 7) is 10.8. The minimum Gasteiger partial charge on any atom is -0.387 e. The first-order valence-corrected chi connectivity index (χ1v) is 8.49. The number of rotatable bonds is 8. The Morgan fingerprint density at radius 3 is 2.10 bits per heavy atom. The minimum atomic E-state index is -0.362. The van der Waals surface area contributed by atoms with E-state index in [4.69, 9.17) is 0 Å². The van der Waals surface area contributed by atoms with Crippen LogP contribution in [0.4, 0.5) is 0 Å². The second-order valence-electron chi connectivity index (χ2n) is 7.25. The Hall–Kier alpha value is -0.860. The van der Waals surface area contributed by atoms with Crippen LogP contribution in [0.2, 0.25) is 0 Å². The van der Waals surface area contributed by atoms with Crippen LogP contribution in [-0.2, 0) is 0 Å². The van der Waals surface area contributed by atoms with E-state index in [2.05, 4.69) is 56.9 Å². The number of benzene rings is 1. The molecule has 1 N–H and O–H groups in total. The summed E-state index contributed by atoms with van der Waals surface area (Å²) < 4.78 is 0. The Morgan fingerprint density at radius 1 is 1.05 bits per heavy atom. The van der Waals surface area contributed by atoms with Crippen LogP contribution in [0.3, 0.4) is 0 Å². The number of hydrogen-bond acceptors (Lipinski definition) is 2. The normalized spacial score (nSPS) is 17.0. The lowest BCUT2D eigenvalue weighted by molar-refractivity contribution is 0.105. The molecule has 118 valence electrons. The SMILES string of the molecule is CC(C)CCN(CC(O)c1ccc(C(C)C)cc1)C1CC1. The fourth-order valence-corrected chi connectivity index (χ4v) is 2.72. The molecular weight excluding hydrogens is 258 g/mol. The number of aliphatic hydroxyl groups excluding tert-OH is 1. The molecule has 2 rings (SSSR count). The largest absolute Gasteiger partial charge is 0.387 e. The topological polar surface area (TPSA) is 23.5 Å². The molecule has 1 fully saturated rings. The van der Waals surface area contributed by atoms with Gasteiger partial charge in [0.2, 0.25) is 0 Å². The number of nitrogens with zero attached hydrogens (tertiary/aromatic N) is 1. The molecule has 0 saturated heterocycles. The second-order valence-corrected chi connectivity index (χ2v) is 7.25. The molecule has 0 heterocycles. The smallest absolute Gasteiger partial charge is 0.0917 e. The third kappa shape index (κ3) is 5.12. The van der Waals surface area contributed by atoms with Gasteiger partial charge in [-0.25, -0.2) is 0 Å². The van der Waals surface area contributed by atoms with Crippen molar-refractivity contribution in [1.82, 2.24) is 4.90 Å². The third-order valence-electron chi connectivity index (χ3n) is 4.45. The van der Waals surface area contributed by atoms with E-state index in [9.17, 15) is 5.11 Å². The molecule has 1 aliphatic carbocycles. The Morgan fingerprint density at radius 2 is 1.62 bits per heavy atom. The zero-order chi connectivity index (χ0) is 15.4. The molecule has 0 amide bonds. The Labute approximate surface area is 130 Å². The highest BCUT2D eigenvalue weighted by molar-refractivity contribution is 5.26. The maximum atomic E-state index is 10.5. The molecule has 0 spiro atoms. The van der Waals surface area contributed by atoms with Crippen molar-refractivity contribution < 1.29 is 5.11 Å². The summed E-state index contributed by atoms with van der Waals surface area (Å²) in [5, 5.41) is 10.5. The van der Waals surface area contributed by atoms with Crippen LogP contribution in [0.15, 0.2) is 24.3 Å². The monoisotopic (exact) mass is 289 g/mol. The van der Waals surface area contributed by atoms with Crippen LogP contribution in [0, 0.1) is 5.92 Å². The van der Waals surface area contributed by atoms with Gasteiger partial charge in [0, 0.05) is 12.6 Å². The van der Waals surface area contributed by atoms with Crippen LogP contribution in [0.1, 0.15) is 70.1 Å². The summed E-state index contributed by atoms with van der Waals surface area (Å²) >= 11 is 0. The molecule has 1 saturated carbocycles. The van der Waals surface area contributed by atoms with E-state index < -0.39 is 0 Å². The van der Waals surface area contributed by atoms with Crippen molar-refractivity contribution >= 4 is 0 Å². The van der Waals surface area contributed by atoms with Gasteiger partial charge in [-0.1, -0.05) is 52.0 Å². The van der Waals surface area contributed by atoms with Gasteiger partial charge in [0.05, 0.1) is 6.10 Å². The summed E-state index contributed by atoms with van der Waals surface area (Å²) in [6.07, 6.45) is 3.46. The van der Waals surface area contributed by atoms with Crippen molar-refractivity contribution in [3.8, 4) is 0 Å². The van der Waals surface area contributed by atoms with Crippen LogP contribution >= 0.6 is 0 Å². The van der Waals surface area contributed by atoms with E-state index in [1.807, 2.05) is 0 Å². The lowest BCUT2D eigenvalue weighted by atomic mass is 10.00. The van der Waals surface area contributed by atoms with E-state index in [0.717, 1.165) is 24.6 Å². The highest BCUT2D eigenvalue weighted by Crippen LogP contribution is 2.29. The first-order chi connectivity index (χ1) is 9.97. The fraction of sp³-hybridized carbons (Fsp3) is 0.684. The molecule has 1 atom stereocenters. The van der Waals surface area contributed by atoms with Crippen molar-refractivity contribution in [2.24, 2.45) is 5.92 Å². The molecule has 0 aliphatic heterocycles. The third-order valence-corrected chi connectivity index (χ3v) is 4.45. The minimum absolute atomic E-state index is 0.362. The second kappa shape index (κ2) is 7.42. The average molecular weight is 289 g/mol. The summed E-state index contributed by atoms with van der Waals surface area (Å²) in [7, 11) is 0. The van der Waals surface area contributed by atoms with Gasteiger partial charge in [0.25, 0.3) is 0 Å². The van der Waals surface area contributed by atoms with Crippen molar-refractivity contribution in [3.05, 3.63) is 35.4 Å². The predicted octanol–water partition coefficient (Wildman–Crippen LogP) is 4.35. The van der Waals surface area contributed by atoms with E-state index in [-0.39, 0.29) is 6.10 Å². The molecule has 2 heteroatoms. The number of aliphatic hydroxyl groups is 1. The highest BCUT2D eigenvalue weighted by Gasteiger charge is 2.30. The molecule has 0 radical (unpaired) electrons.